The van der Waals surface area contributed by atoms with Crippen molar-refractivity contribution in [1.82, 2.24) is 29.8 Å². The van der Waals surface area contributed by atoms with Gasteiger partial charge in [-0.25, -0.2) is 13.6 Å². The first-order valence-corrected chi connectivity index (χ1v) is 17.0. The monoisotopic (exact) mass is 694 g/mol. The fourth-order valence-electron chi connectivity index (χ4n) is 6.59. The normalized spacial score (nSPS) is 16.7. The summed E-state index contributed by atoms with van der Waals surface area (Å²) in [6, 6.07) is 13.2. The fraction of sp³-hybridized carbons (Fsp3) is 0.500. The highest BCUT2D eigenvalue weighted by Crippen LogP contribution is 2.43. The second-order valence-corrected chi connectivity index (χ2v) is 14.3. The number of hydrogen-bond acceptors (Lipinski definition) is 5. The van der Waals surface area contributed by atoms with Crippen LogP contribution < -0.4 is 5.32 Å². The maximum Gasteiger partial charge on any atom is 0.410 e. The van der Waals surface area contributed by atoms with E-state index in [9.17, 15) is 13.6 Å². The smallest absolute Gasteiger partial charge is 0.410 e. The van der Waals surface area contributed by atoms with Crippen LogP contribution in [0.3, 0.4) is 0 Å². The molecule has 0 radical (unpaired) electrons. The van der Waals surface area contributed by atoms with E-state index in [-0.39, 0.29) is 37.6 Å². The van der Waals surface area contributed by atoms with Crippen molar-refractivity contribution in [3.05, 3.63) is 105 Å². The van der Waals surface area contributed by atoms with E-state index >= 15 is 0 Å². The maximum atomic E-state index is 13.2. The molecule has 2 aliphatic carbocycles. The summed E-state index contributed by atoms with van der Waals surface area (Å²) in [5, 5.41) is 13.2. The minimum Gasteiger partial charge on any atom is -0.444 e. The van der Waals surface area contributed by atoms with Gasteiger partial charge in [-0.1, -0.05) is 31.7 Å². The number of carbonyl (C=O) groups is 1. The molecule has 8 nitrogen and oxygen atoms in total. The number of ether oxygens (including phenoxy) is 1. The van der Waals surface area contributed by atoms with Gasteiger partial charge in [0.1, 0.15) is 17.2 Å². The zero-order valence-electron chi connectivity index (χ0n) is 28.0. The molecule has 0 unspecified atom stereocenters. The molecule has 4 heterocycles. The minimum atomic E-state index is -0.509. The molecule has 264 valence electrons. The van der Waals surface area contributed by atoms with Gasteiger partial charge in [0.05, 0.1) is 42.4 Å². The van der Waals surface area contributed by atoms with Crippen LogP contribution >= 0.6 is 12.4 Å². The first-order valence-electron chi connectivity index (χ1n) is 17.0. The highest BCUT2D eigenvalue weighted by Gasteiger charge is 2.36. The quantitative estimate of drug-likeness (QED) is 0.222. The van der Waals surface area contributed by atoms with Crippen LogP contribution in [0.2, 0.25) is 0 Å². The zero-order chi connectivity index (χ0) is 32.7. The van der Waals surface area contributed by atoms with E-state index in [0.29, 0.717) is 31.5 Å². The number of halogens is 3. The summed E-state index contributed by atoms with van der Waals surface area (Å²) >= 11 is 0. The molecule has 1 amide bonds. The molecule has 0 saturated heterocycles. The zero-order valence-corrected chi connectivity index (χ0v) is 28.8. The number of benzene rings is 2. The number of amides is 1. The standard InChI is InChI=1S/C21H26FN3O2.C16H18FN3.CH4.ClH/c1-21(2,3)27-20(26)24-11-10-17-18(13-24)25(23-19(17)15-6-7-15)12-14-4-8-16(22)9-5-14;17-13-5-1-11(2-6-13)10-20-15-9-18-8-7-14(15)16(19-20)12-3-4-12;;/h4-5,8-9,15H,6-7,10-13H2,1-3H3;1-2,5-6,12,18H,3-4,7-10H2;1H4;1H. The van der Waals surface area contributed by atoms with Crippen LogP contribution in [-0.2, 0) is 43.8 Å². The van der Waals surface area contributed by atoms with Crippen LogP contribution in [0.15, 0.2) is 48.5 Å². The summed E-state index contributed by atoms with van der Waals surface area (Å²) in [7, 11) is 0. The van der Waals surface area contributed by atoms with Crippen LogP contribution in [0.25, 0.3) is 0 Å². The lowest BCUT2D eigenvalue weighted by molar-refractivity contribution is 0.0219. The third kappa shape index (κ3) is 8.70. The van der Waals surface area contributed by atoms with Crippen LogP contribution in [0.4, 0.5) is 13.6 Å². The minimum absolute atomic E-state index is 0. The molecule has 49 heavy (non-hydrogen) atoms. The van der Waals surface area contributed by atoms with Crippen molar-refractivity contribution in [3.8, 4) is 0 Å². The van der Waals surface area contributed by atoms with Crippen molar-refractivity contribution < 1.29 is 18.3 Å². The molecular formula is C38H49ClF2N6O2. The van der Waals surface area contributed by atoms with Gasteiger partial charge in [-0.2, -0.15) is 10.2 Å². The lowest BCUT2D eigenvalue weighted by Gasteiger charge is -2.30. The van der Waals surface area contributed by atoms with E-state index in [2.05, 4.69) is 10.00 Å². The van der Waals surface area contributed by atoms with Crippen molar-refractivity contribution in [3.63, 3.8) is 0 Å². The Morgan fingerprint density at radius 1 is 0.816 bits per heavy atom. The van der Waals surface area contributed by atoms with Crippen molar-refractivity contribution in [2.75, 3.05) is 13.1 Å². The van der Waals surface area contributed by atoms with Crippen molar-refractivity contribution in [1.29, 1.82) is 0 Å². The predicted octanol–water partition coefficient (Wildman–Crippen LogP) is 7.89. The largest absolute Gasteiger partial charge is 0.444 e. The lowest BCUT2D eigenvalue weighted by Crippen LogP contribution is -2.40. The van der Waals surface area contributed by atoms with E-state index in [1.807, 2.05) is 37.6 Å². The Morgan fingerprint density at radius 3 is 1.80 bits per heavy atom. The Kier molecular flexibility index (Phi) is 11.2. The number of nitrogens with one attached hydrogen (secondary N) is 1. The molecule has 0 bridgehead atoms. The molecule has 4 aliphatic rings. The summed E-state index contributed by atoms with van der Waals surface area (Å²) in [6.45, 7) is 10.1. The molecule has 2 fully saturated rings. The molecule has 0 atom stereocenters. The van der Waals surface area contributed by atoms with Gasteiger partial charge in [0.25, 0.3) is 0 Å². The summed E-state index contributed by atoms with van der Waals surface area (Å²) in [5.74, 6) is 0.824. The number of fused-ring (bicyclic) bond motifs is 2. The second-order valence-electron chi connectivity index (χ2n) is 14.3. The van der Waals surface area contributed by atoms with Gasteiger partial charge < -0.3 is 15.0 Å². The van der Waals surface area contributed by atoms with Crippen molar-refractivity contribution in [2.24, 2.45) is 0 Å². The van der Waals surface area contributed by atoms with E-state index in [1.165, 1.54) is 78.2 Å². The second kappa shape index (κ2) is 15.0. The number of aromatic nitrogens is 4. The average molecular weight is 695 g/mol. The molecule has 2 aromatic heterocycles. The number of nitrogens with zero attached hydrogens (tertiary/aromatic N) is 5. The lowest BCUT2D eigenvalue weighted by atomic mass is 10.0. The summed E-state index contributed by atoms with van der Waals surface area (Å²) in [4.78, 5) is 14.3. The molecule has 4 aromatic rings. The van der Waals surface area contributed by atoms with Crippen molar-refractivity contribution >= 4 is 18.5 Å². The molecular weight excluding hydrogens is 646 g/mol. The Balaban J connectivity index is 0.000000191. The highest BCUT2D eigenvalue weighted by atomic mass is 35.5. The molecule has 8 rings (SSSR count). The first-order chi connectivity index (χ1) is 22.6. The summed E-state index contributed by atoms with van der Waals surface area (Å²) in [5.41, 5.74) is 9.27. The van der Waals surface area contributed by atoms with Crippen LogP contribution in [0.5, 0.6) is 0 Å². The van der Waals surface area contributed by atoms with Gasteiger partial charge in [-0.05, 0) is 107 Å². The molecule has 11 heteroatoms. The number of carbonyl (C=O) groups excluding carboxylic acids is 1. The van der Waals surface area contributed by atoms with Gasteiger partial charge in [-0.3, -0.25) is 9.36 Å². The number of rotatable bonds is 6. The maximum absolute atomic E-state index is 13.2. The van der Waals surface area contributed by atoms with Gasteiger partial charge in [0, 0.05) is 30.5 Å². The SMILES string of the molecule is C.CC(C)(C)OC(=O)N1CCc2c(C3CC3)nn(Cc3ccc(F)cc3)c2C1.Cl.Fc1ccc(Cn2nc(C3CC3)c3c2CNCC3)cc1. The van der Waals surface area contributed by atoms with Crippen LogP contribution in [0.1, 0.15) is 111 Å². The Hall–Kier alpha value is -3.76. The number of hydrogen-bond donors (Lipinski definition) is 1. The Labute approximate surface area is 294 Å². The highest BCUT2D eigenvalue weighted by molar-refractivity contribution is 5.85. The molecule has 2 aromatic carbocycles. The Bertz CT molecular complexity index is 1740. The fourth-order valence-corrected chi connectivity index (χ4v) is 6.59. The predicted molar refractivity (Wildman–Crippen MR) is 189 cm³/mol. The Morgan fingerprint density at radius 2 is 1.31 bits per heavy atom. The first kappa shape index (κ1) is 36.5. The summed E-state index contributed by atoms with van der Waals surface area (Å²) < 4.78 is 35.8. The van der Waals surface area contributed by atoms with Gasteiger partial charge >= 0.3 is 6.09 Å². The van der Waals surface area contributed by atoms with E-state index in [4.69, 9.17) is 14.9 Å². The summed E-state index contributed by atoms with van der Waals surface area (Å²) in [6.07, 6.45) is 6.57. The third-order valence-corrected chi connectivity index (χ3v) is 9.28. The third-order valence-electron chi connectivity index (χ3n) is 9.28. The molecule has 1 N–H and O–H groups in total. The van der Waals surface area contributed by atoms with Gasteiger partial charge in [0.15, 0.2) is 0 Å². The van der Waals surface area contributed by atoms with Crippen LogP contribution in [0, 0.1) is 11.6 Å². The van der Waals surface area contributed by atoms with E-state index in [1.54, 1.807) is 17.0 Å². The molecule has 2 saturated carbocycles. The van der Waals surface area contributed by atoms with E-state index in [0.717, 1.165) is 49.3 Å². The van der Waals surface area contributed by atoms with E-state index < -0.39 is 5.60 Å². The topological polar surface area (TPSA) is 77.2 Å². The molecule has 0 spiro atoms. The van der Waals surface area contributed by atoms with Crippen LogP contribution in [-0.4, -0.2) is 49.2 Å². The van der Waals surface area contributed by atoms with Crippen molar-refractivity contribution in [2.45, 2.75) is 110 Å². The van der Waals surface area contributed by atoms with Gasteiger partial charge in [0.2, 0.25) is 0 Å². The van der Waals surface area contributed by atoms with Gasteiger partial charge in [-0.15, -0.1) is 12.4 Å². The average Bonchev–Trinajstić information content (AvgIpc) is 3.99. The molecule has 2 aliphatic heterocycles.